The molecule has 0 atom stereocenters. The van der Waals surface area contributed by atoms with Gasteiger partial charge < -0.3 is 14.8 Å². The van der Waals surface area contributed by atoms with Gasteiger partial charge in [0, 0.05) is 30.8 Å². The standard InChI is InChI=1S/C14H22N2O3/c1-4-19-14(17)6-5-7-15-10-12-9-13(18-3)8-11(2)16-12/h8-9,15H,4-7,10H2,1-3H3. The first-order chi connectivity index (χ1) is 9.15. The number of nitrogens with zero attached hydrogens (tertiary/aromatic N) is 1. The van der Waals surface area contributed by atoms with E-state index < -0.39 is 0 Å². The molecule has 0 unspecified atom stereocenters. The number of aryl methyl sites for hydroxylation is 1. The molecule has 0 aliphatic carbocycles. The predicted molar refractivity (Wildman–Crippen MR) is 73.1 cm³/mol. The fourth-order valence-electron chi connectivity index (χ4n) is 1.72. The van der Waals surface area contributed by atoms with Crippen LogP contribution in [0.5, 0.6) is 5.75 Å². The Labute approximate surface area is 114 Å². The Bertz CT molecular complexity index is 408. The lowest BCUT2D eigenvalue weighted by atomic mass is 10.2. The number of ether oxygens (including phenoxy) is 2. The van der Waals surface area contributed by atoms with E-state index in [1.165, 1.54) is 0 Å². The lowest BCUT2D eigenvalue weighted by Crippen LogP contribution is -2.17. The van der Waals surface area contributed by atoms with Crippen LogP contribution in [0.15, 0.2) is 12.1 Å². The molecule has 0 aliphatic heterocycles. The van der Waals surface area contributed by atoms with Gasteiger partial charge in [0.15, 0.2) is 0 Å². The summed E-state index contributed by atoms with van der Waals surface area (Å²) in [5.41, 5.74) is 1.87. The molecule has 0 saturated carbocycles. The van der Waals surface area contributed by atoms with Crippen molar-refractivity contribution in [3.63, 3.8) is 0 Å². The fraction of sp³-hybridized carbons (Fsp3) is 0.571. The number of rotatable bonds is 8. The SMILES string of the molecule is CCOC(=O)CCCNCc1cc(OC)cc(C)n1. The van der Waals surface area contributed by atoms with Crippen LogP contribution in [-0.4, -0.2) is 31.2 Å². The maximum Gasteiger partial charge on any atom is 0.305 e. The highest BCUT2D eigenvalue weighted by Crippen LogP contribution is 2.12. The smallest absolute Gasteiger partial charge is 0.305 e. The molecule has 0 aromatic carbocycles. The van der Waals surface area contributed by atoms with E-state index in [-0.39, 0.29) is 5.97 Å². The maximum absolute atomic E-state index is 11.1. The number of aromatic nitrogens is 1. The van der Waals surface area contributed by atoms with Crippen LogP contribution in [0.4, 0.5) is 0 Å². The molecule has 5 heteroatoms. The summed E-state index contributed by atoms with van der Waals surface area (Å²) in [6, 6.07) is 3.80. The van der Waals surface area contributed by atoms with Crippen molar-refractivity contribution in [1.29, 1.82) is 0 Å². The van der Waals surface area contributed by atoms with E-state index in [9.17, 15) is 4.79 Å². The van der Waals surface area contributed by atoms with Gasteiger partial charge in [0.25, 0.3) is 0 Å². The molecule has 0 saturated heterocycles. The molecule has 0 radical (unpaired) electrons. The minimum Gasteiger partial charge on any atom is -0.497 e. The molecule has 1 heterocycles. The molecule has 1 N–H and O–H groups in total. The summed E-state index contributed by atoms with van der Waals surface area (Å²) in [4.78, 5) is 15.5. The van der Waals surface area contributed by atoms with Crippen molar-refractivity contribution in [2.75, 3.05) is 20.3 Å². The molecule has 0 aliphatic rings. The minimum absolute atomic E-state index is 0.139. The van der Waals surface area contributed by atoms with Crippen LogP contribution in [0, 0.1) is 6.92 Å². The van der Waals surface area contributed by atoms with Gasteiger partial charge >= 0.3 is 5.97 Å². The highest BCUT2D eigenvalue weighted by molar-refractivity contribution is 5.69. The summed E-state index contributed by atoms with van der Waals surface area (Å²) in [5.74, 6) is 0.676. The Hall–Kier alpha value is -1.62. The first kappa shape index (κ1) is 15.4. The number of esters is 1. The van der Waals surface area contributed by atoms with E-state index >= 15 is 0 Å². The van der Waals surface area contributed by atoms with E-state index in [1.807, 2.05) is 26.0 Å². The molecule has 106 valence electrons. The van der Waals surface area contributed by atoms with Gasteiger partial charge in [-0.05, 0) is 26.8 Å². The maximum atomic E-state index is 11.1. The molecule has 0 spiro atoms. The third-order valence-corrected chi connectivity index (χ3v) is 2.56. The van der Waals surface area contributed by atoms with Crippen molar-refractivity contribution >= 4 is 5.97 Å². The average molecular weight is 266 g/mol. The molecular formula is C14H22N2O3. The van der Waals surface area contributed by atoms with Gasteiger partial charge in [-0.15, -0.1) is 0 Å². The Morgan fingerprint density at radius 2 is 2.21 bits per heavy atom. The number of nitrogens with one attached hydrogen (secondary N) is 1. The molecule has 0 amide bonds. The first-order valence-corrected chi connectivity index (χ1v) is 6.53. The Balaban J connectivity index is 2.26. The summed E-state index contributed by atoms with van der Waals surface area (Å²) in [6.45, 7) is 5.62. The summed E-state index contributed by atoms with van der Waals surface area (Å²) in [7, 11) is 1.64. The monoisotopic (exact) mass is 266 g/mol. The zero-order chi connectivity index (χ0) is 14.1. The van der Waals surface area contributed by atoms with Crippen molar-refractivity contribution in [2.45, 2.75) is 33.2 Å². The number of pyridine rings is 1. The van der Waals surface area contributed by atoms with Gasteiger partial charge in [-0.1, -0.05) is 0 Å². The highest BCUT2D eigenvalue weighted by atomic mass is 16.5. The van der Waals surface area contributed by atoms with Crippen LogP contribution in [-0.2, 0) is 16.1 Å². The van der Waals surface area contributed by atoms with E-state index in [4.69, 9.17) is 9.47 Å². The predicted octanol–water partition coefficient (Wildman–Crippen LogP) is 1.83. The number of hydrogen-bond donors (Lipinski definition) is 1. The van der Waals surface area contributed by atoms with Crippen molar-refractivity contribution in [2.24, 2.45) is 0 Å². The number of carbonyl (C=O) groups excluding carboxylic acids is 1. The molecule has 0 fully saturated rings. The van der Waals surface area contributed by atoms with E-state index in [1.54, 1.807) is 7.11 Å². The third kappa shape index (κ3) is 6.20. The molecular weight excluding hydrogens is 244 g/mol. The quantitative estimate of drug-likeness (QED) is 0.574. The molecule has 1 rings (SSSR count). The van der Waals surface area contributed by atoms with Crippen LogP contribution in [0.25, 0.3) is 0 Å². The van der Waals surface area contributed by atoms with Crippen LogP contribution in [0.2, 0.25) is 0 Å². The van der Waals surface area contributed by atoms with Crippen LogP contribution in [0.3, 0.4) is 0 Å². The fourth-order valence-corrected chi connectivity index (χ4v) is 1.72. The van der Waals surface area contributed by atoms with Gasteiger partial charge in [0.1, 0.15) is 5.75 Å². The second kappa shape index (κ2) is 8.48. The second-order valence-corrected chi connectivity index (χ2v) is 4.23. The third-order valence-electron chi connectivity index (χ3n) is 2.56. The van der Waals surface area contributed by atoms with Crippen molar-refractivity contribution in [3.8, 4) is 5.75 Å². The second-order valence-electron chi connectivity index (χ2n) is 4.23. The largest absolute Gasteiger partial charge is 0.497 e. The minimum atomic E-state index is -0.139. The summed E-state index contributed by atoms with van der Waals surface area (Å²) in [6.07, 6.45) is 1.22. The van der Waals surface area contributed by atoms with E-state index in [0.29, 0.717) is 19.6 Å². The first-order valence-electron chi connectivity index (χ1n) is 6.53. The zero-order valence-electron chi connectivity index (χ0n) is 11.9. The molecule has 1 aromatic heterocycles. The zero-order valence-corrected chi connectivity index (χ0v) is 11.9. The molecule has 0 bridgehead atoms. The number of hydrogen-bond acceptors (Lipinski definition) is 5. The Morgan fingerprint density at radius 3 is 2.89 bits per heavy atom. The van der Waals surface area contributed by atoms with Crippen molar-refractivity contribution in [1.82, 2.24) is 10.3 Å². The lowest BCUT2D eigenvalue weighted by molar-refractivity contribution is -0.143. The molecule has 1 aromatic rings. The Morgan fingerprint density at radius 1 is 1.42 bits per heavy atom. The molecule has 5 nitrogen and oxygen atoms in total. The van der Waals surface area contributed by atoms with Crippen LogP contribution >= 0.6 is 0 Å². The van der Waals surface area contributed by atoms with Gasteiger partial charge in [-0.25, -0.2) is 0 Å². The number of carbonyl (C=O) groups is 1. The summed E-state index contributed by atoms with van der Waals surface area (Å²) in [5, 5.41) is 3.25. The van der Waals surface area contributed by atoms with Gasteiger partial charge in [-0.3, -0.25) is 9.78 Å². The lowest BCUT2D eigenvalue weighted by Gasteiger charge is -2.07. The van der Waals surface area contributed by atoms with E-state index in [2.05, 4.69) is 10.3 Å². The van der Waals surface area contributed by atoms with Crippen molar-refractivity contribution < 1.29 is 14.3 Å². The highest BCUT2D eigenvalue weighted by Gasteiger charge is 2.02. The van der Waals surface area contributed by atoms with Gasteiger partial charge in [0.05, 0.1) is 19.4 Å². The van der Waals surface area contributed by atoms with Gasteiger partial charge in [0.2, 0.25) is 0 Å². The van der Waals surface area contributed by atoms with E-state index in [0.717, 1.165) is 30.1 Å². The topological polar surface area (TPSA) is 60.5 Å². The summed E-state index contributed by atoms with van der Waals surface area (Å²) < 4.78 is 10.0. The van der Waals surface area contributed by atoms with Crippen LogP contribution in [0.1, 0.15) is 31.2 Å². The number of methoxy groups -OCH3 is 1. The average Bonchev–Trinajstić information content (AvgIpc) is 2.38. The van der Waals surface area contributed by atoms with Crippen LogP contribution < -0.4 is 10.1 Å². The van der Waals surface area contributed by atoms with Gasteiger partial charge in [-0.2, -0.15) is 0 Å². The normalized spacial score (nSPS) is 10.3. The molecule has 19 heavy (non-hydrogen) atoms. The summed E-state index contributed by atoms with van der Waals surface area (Å²) >= 11 is 0. The Kier molecular flexibility index (Phi) is 6.89. The van der Waals surface area contributed by atoms with Crippen molar-refractivity contribution in [3.05, 3.63) is 23.5 Å².